The Morgan fingerprint density at radius 3 is 2.69 bits per heavy atom. The molecule has 0 fully saturated rings. The second kappa shape index (κ2) is 4.03. The van der Waals surface area contributed by atoms with Crippen molar-refractivity contribution in [1.29, 1.82) is 0 Å². The quantitative estimate of drug-likeness (QED) is 0.919. The molecule has 1 aromatic heterocycles. The highest BCUT2D eigenvalue weighted by Crippen LogP contribution is 2.22. The molecule has 0 aliphatic heterocycles. The van der Waals surface area contributed by atoms with E-state index in [0.717, 1.165) is 15.7 Å². The van der Waals surface area contributed by atoms with Crippen LogP contribution in [0.5, 0.6) is 0 Å². The van der Waals surface area contributed by atoms with Crippen molar-refractivity contribution in [2.45, 2.75) is 19.4 Å². The first kappa shape index (κ1) is 11.4. The molecule has 1 N–H and O–H groups in total. The summed E-state index contributed by atoms with van der Waals surface area (Å²) in [4.78, 5) is 0. The molecule has 0 aliphatic carbocycles. The van der Waals surface area contributed by atoms with Crippen molar-refractivity contribution in [3.8, 4) is 5.69 Å². The van der Waals surface area contributed by atoms with Crippen molar-refractivity contribution in [1.82, 2.24) is 9.78 Å². The molecule has 16 heavy (non-hydrogen) atoms. The van der Waals surface area contributed by atoms with Crippen LogP contribution in [0, 0.1) is 0 Å². The Morgan fingerprint density at radius 1 is 1.38 bits per heavy atom. The molecule has 3 nitrogen and oxygen atoms in total. The third-order valence-corrected chi connectivity index (χ3v) is 2.78. The third-order valence-electron chi connectivity index (χ3n) is 2.37. The molecule has 0 saturated heterocycles. The van der Waals surface area contributed by atoms with Crippen LogP contribution in [-0.2, 0) is 5.60 Å². The molecule has 2 aromatic rings. The predicted octanol–water partition coefficient (Wildman–Crippen LogP) is 2.86. The highest BCUT2D eigenvalue weighted by atomic mass is 79.9. The molecule has 0 amide bonds. The fourth-order valence-electron chi connectivity index (χ4n) is 1.47. The lowest BCUT2D eigenvalue weighted by Crippen LogP contribution is -2.15. The van der Waals surface area contributed by atoms with Crippen LogP contribution in [0.3, 0.4) is 0 Å². The number of rotatable bonds is 2. The molecule has 2 rings (SSSR count). The lowest BCUT2D eigenvalue weighted by atomic mass is 9.98. The van der Waals surface area contributed by atoms with Crippen LogP contribution in [0.1, 0.15) is 19.4 Å². The van der Waals surface area contributed by atoms with Crippen molar-refractivity contribution < 1.29 is 5.11 Å². The van der Waals surface area contributed by atoms with Gasteiger partial charge in [0.25, 0.3) is 0 Å². The number of halogens is 1. The average Bonchev–Trinajstić information content (AvgIpc) is 2.64. The van der Waals surface area contributed by atoms with Gasteiger partial charge in [0.15, 0.2) is 0 Å². The number of hydrogen-bond donors (Lipinski definition) is 1. The molecular formula is C12H13BrN2O. The van der Waals surface area contributed by atoms with E-state index in [1.807, 2.05) is 30.5 Å². The molecule has 4 heteroatoms. The molecule has 1 aromatic carbocycles. The molecule has 0 aliphatic rings. The maximum atomic E-state index is 9.93. The molecule has 1 heterocycles. The lowest BCUT2D eigenvalue weighted by Gasteiger charge is -2.18. The van der Waals surface area contributed by atoms with Gasteiger partial charge in [-0.3, -0.25) is 0 Å². The molecular weight excluding hydrogens is 268 g/mol. The number of benzene rings is 1. The van der Waals surface area contributed by atoms with Gasteiger partial charge in [-0.25, -0.2) is 4.68 Å². The van der Waals surface area contributed by atoms with E-state index in [1.54, 1.807) is 24.7 Å². The van der Waals surface area contributed by atoms with E-state index in [1.165, 1.54) is 0 Å². The fourth-order valence-corrected chi connectivity index (χ4v) is 1.76. The van der Waals surface area contributed by atoms with Crippen LogP contribution < -0.4 is 0 Å². The van der Waals surface area contributed by atoms with Gasteiger partial charge >= 0.3 is 0 Å². The van der Waals surface area contributed by atoms with E-state index in [4.69, 9.17) is 0 Å². The van der Waals surface area contributed by atoms with E-state index < -0.39 is 5.60 Å². The zero-order valence-corrected chi connectivity index (χ0v) is 10.8. The van der Waals surface area contributed by atoms with Crippen LogP contribution >= 0.6 is 15.9 Å². The summed E-state index contributed by atoms with van der Waals surface area (Å²) in [7, 11) is 0. The lowest BCUT2D eigenvalue weighted by molar-refractivity contribution is 0.0786. The summed E-state index contributed by atoms with van der Waals surface area (Å²) in [5.41, 5.74) is 0.974. The molecule has 84 valence electrons. The Hall–Kier alpha value is -1.13. The molecule has 0 atom stereocenters. The van der Waals surface area contributed by atoms with Crippen LogP contribution in [0.2, 0.25) is 0 Å². The summed E-state index contributed by atoms with van der Waals surface area (Å²) in [6.07, 6.45) is 3.61. The second-order valence-electron chi connectivity index (χ2n) is 4.21. The molecule has 0 radical (unpaired) electrons. The van der Waals surface area contributed by atoms with E-state index in [-0.39, 0.29) is 0 Å². The van der Waals surface area contributed by atoms with Gasteiger partial charge in [0.1, 0.15) is 0 Å². The second-order valence-corrected chi connectivity index (χ2v) is 5.13. The molecule has 0 spiro atoms. The van der Waals surface area contributed by atoms with Gasteiger partial charge in [0, 0.05) is 6.20 Å². The smallest absolute Gasteiger partial charge is 0.0841 e. The minimum absolute atomic E-state index is 0.833. The zero-order valence-electron chi connectivity index (χ0n) is 9.18. The molecule has 0 saturated carbocycles. The Labute approximate surface area is 103 Å². The standard InChI is InChI=1S/C12H13BrN2O/c1-12(2,16)9-4-3-5-11(6-9)15-8-10(13)7-14-15/h3-8,16H,1-2H3. The predicted molar refractivity (Wildman–Crippen MR) is 66.5 cm³/mol. The number of hydrogen-bond acceptors (Lipinski definition) is 2. The van der Waals surface area contributed by atoms with Crippen molar-refractivity contribution >= 4 is 15.9 Å². The Balaban J connectivity index is 2.44. The van der Waals surface area contributed by atoms with Crippen molar-refractivity contribution in [3.05, 3.63) is 46.7 Å². The van der Waals surface area contributed by atoms with Crippen LogP contribution in [0.4, 0.5) is 0 Å². The van der Waals surface area contributed by atoms with E-state index in [0.29, 0.717) is 0 Å². The Morgan fingerprint density at radius 2 is 2.12 bits per heavy atom. The maximum absolute atomic E-state index is 9.93. The SMILES string of the molecule is CC(C)(O)c1cccc(-n2cc(Br)cn2)c1. The molecule has 0 bridgehead atoms. The van der Waals surface area contributed by atoms with Gasteiger partial charge in [0.05, 0.1) is 22.0 Å². The average molecular weight is 281 g/mol. The van der Waals surface area contributed by atoms with E-state index in [9.17, 15) is 5.11 Å². The molecule has 0 unspecified atom stereocenters. The summed E-state index contributed by atoms with van der Waals surface area (Å²) in [6.45, 7) is 3.54. The summed E-state index contributed by atoms with van der Waals surface area (Å²) in [6, 6.07) is 7.70. The Kier molecular flexibility index (Phi) is 2.86. The minimum atomic E-state index is -0.833. The normalized spacial score (nSPS) is 11.8. The summed E-state index contributed by atoms with van der Waals surface area (Å²) in [5, 5.41) is 14.1. The Bertz CT molecular complexity index is 500. The van der Waals surface area contributed by atoms with Crippen molar-refractivity contribution in [2.75, 3.05) is 0 Å². The first-order valence-electron chi connectivity index (χ1n) is 5.00. The number of aliphatic hydroxyl groups is 1. The first-order chi connectivity index (χ1) is 7.47. The van der Waals surface area contributed by atoms with Gasteiger partial charge in [-0.2, -0.15) is 5.10 Å². The van der Waals surface area contributed by atoms with Crippen LogP contribution in [0.25, 0.3) is 5.69 Å². The topological polar surface area (TPSA) is 38.0 Å². The van der Waals surface area contributed by atoms with Gasteiger partial charge < -0.3 is 5.11 Å². The summed E-state index contributed by atoms with van der Waals surface area (Å²) < 4.78 is 2.69. The van der Waals surface area contributed by atoms with Crippen molar-refractivity contribution in [2.24, 2.45) is 0 Å². The van der Waals surface area contributed by atoms with Gasteiger partial charge in [-0.15, -0.1) is 0 Å². The van der Waals surface area contributed by atoms with E-state index >= 15 is 0 Å². The maximum Gasteiger partial charge on any atom is 0.0841 e. The van der Waals surface area contributed by atoms with Gasteiger partial charge in [-0.1, -0.05) is 12.1 Å². The highest BCUT2D eigenvalue weighted by Gasteiger charge is 2.16. The number of aromatic nitrogens is 2. The fraction of sp³-hybridized carbons (Fsp3) is 0.250. The highest BCUT2D eigenvalue weighted by molar-refractivity contribution is 9.10. The largest absolute Gasteiger partial charge is 0.386 e. The van der Waals surface area contributed by atoms with Crippen LogP contribution in [0.15, 0.2) is 41.1 Å². The summed E-state index contributed by atoms with van der Waals surface area (Å²) in [5.74, 6) is 0. The first-order valence-corrected chi connectivity index (χ1v) is 5.79. The summed E-state index contributed by atoms with van der Waals surface area (Å²) >= 11 is 3.35. The van der Waals surface area contributed by atoms with Gasteiger partial charge in [0.2, 0.25) is 0 Å². The van der Waals surface area contributed by atoms with E-state index in [2.05, 4.69) is 21.0 Å². The van der Waals surface area contributed by atoms with Crippen LogP contribution in [-0.4, -0.2) is 14.9 Å². The third kappa shape index (κ3) is 2.33. The minimum Gasteiger partial charge on any atom is -0.386 e. The monoisotopic (exact) mass is 280 g/mol. The number of nitrogens with zero attached hydrogens (tertiary/aromatic N) is 2. The van der Waals surface area contributed by atoms with Crippen molar-refractivity contribution in [3.63, 3.8) is 0 Å². The zero-order chi connectivity index (χ0) is 11.8. The van der Waals surface area contributed by atoms with Gasteiger partial charge in [-0.05, 0) is 47.5 Å².